The zero-order chi connectivity index (χ0) is 25.0. The first-order chi connectivity index (χ1) is 16.2. The fourth-order valence-electron chi connectivity index (χ4n) is 3.41. The molecule has 1 fully saturated rings. The molecule has 0 bridgehead atoms. The quantitative estimate of drug-likeness (QED) is 0.199. The predicted octanol–water partition coefficient (Wildman–Crippen LogP) is 0.115. The Labute approximate surface area is 202 Å². The molecule has 0 spiro atoms. The molecule has 0 aromatic carbocycles. The fourth-order valence-corrected chi connectivity index (χ4v) is 5.28. The van der Waals surface area contributed by atoms with E-state index in [1.807, 2.05) is 0 Å². The van der Waals surface area contributed by atoms with Crippen LogP contribution in [0.3, 0.4) is 0 Å². The third-order valence-electron chi connectivity index (χ3n) is 4.93. The summed E-state index contributed by atoms with van der Waals surface area (Å²) in [5.74, 6) is -1.68. The molecule has 184 valence electrons. The van der Waals surface area contributed by atoms with Crippen LogP contribution in [0.15, 0.2) is 22.3 Å². The summed E-state index contributed by atoms with van der Waals surface area (Å²) >= 11 is 2.29. The van der Waals surface area contributed by atoms with Gasteiger partial charge in [0.25, 0.3) is 5.91 Å². The van der Waals surface area contributed by atoms with Gasteiger partial charge >= 0.3 is 6.16 Å². The van der Waals surface area contributed by atoms with Crippen molar-refractivity contribution in [3.63, 3.8) is 0 Å². The number of fused-ring (bicyclic) bond motifs is 1. The number of ether oxygens (including phenoxy) is 3. The van der Waals surface area contributed by atoms with Gasteiger partial charge in [0, 0.05) is 13.3 Å². The molecule has 2 amide bonds. The number of nitrogens with one attached hydrogen (secondary N) is 1. The maximum Gasteiger partial charge on any atom is 0.508 e. The lowest BCUT2D eigenvalue weighted by molar-refractivity contribution is -0.156. The van der Waals surface area contributed by atoms with Gasteiger partial charge in [-0.1, -0.05) is 16.5 Å². The number of hydrogen-bond donors (Lipinski definition) is 2. The minimum absolute atomic E-state index is 0.0827. The van der Waals surface area contributed by atoms with E-state index in [1.54, 1.807) is 5.41 Å². The molecular weight excluding hydrogens is 490 g/mol. The van der Waals surface area contributed by atoms with Crippen LogP contribution in [0.1, 0.15) is 11.8 Å². The number of carbonyl (C=O) groups excluding carboxylic acids is 4. The number of carbonyl (C=O) groups is 4. The summed E-state index contributed by atoms with van der Waals surface area (Å²) in [6.07, 6.45) is -0.826. The Morgan fingerprint density at radius 2 is 2.06 bits per heavy atom. The molecule has 0 radical (unpaired) electrons. The molecule has 2 aliphatic heterocycles. The van der Waals surface area contributed by atoms with Gasteiger partial charge in [0.15, 0.2) is 22.7 Å². The van der Waals surface area contributed by atoms with E-state index in [-0.39, 0.29) is 17.5 Å². The smallest absolute Gasteiger partial charge is 0.438 e. The number of rotatable bonds is 9. The first kappa shape index (κ1) is 25.5. The summed E-state index contributed by atoms with van der Waals surface area (Å²) in [7, 11) is 3.86. The van der Waals surface area contributed by atoms with Crippen LogP contribution >= 0.6 is 23.1 Å². The van der Waals surface area contributed by atoms with Crippen molar-refractivity contribution in [1.29, 1.82) is 0 Å². The van der Waals surface area contributed by atoms with Gasteiger partial charge in [-0.2, -0.15) is 0 Å². The number of thioether (sulfide) groups is 1. The first-order valence-corrected chi connectivity index (χ1v) is 11.6. The number of β-lactam (4-membered cyclic amide) rings is 1. The number of aromatic nitrogens is 1. The summed E-state index contributed by atoms with van der Waals surface area (Å²) in [5, 5.41) is 7.73. The molecule has 3 N–H and O–H groups in total. The lowest BCUT2D eigenvalue weighted by Gasteiger charge is -2.52. The number of anilines is 1. The van der Waals surface area contributed by atoms with Gasteiger partial charge in [-0.25, -0.2) is 9.78 Å². The number of Topliss-reactive ketones (excluding diaryl/α,β-unsaturated/α-hetero) is 1. The molecule has 1 saturated heterocycles. The largest absolute Gasteiger partial charge is 0.508 e. The third kappa shape index (κ3) is 5.00. The molecule has 34 heavy (non-hydrogen) atoms. The van der Waals surface area contributed by atoms with Crippen molar-refractivity contribution in [1.82, 2.24) is 15.2 Å². The Morgan fingerprint density at radius 3 is 2.65 bits per heavy atom. The monoisotopic (exact) mass is 513 g/mol. The van der Waals surface area contributed by atoms with E-state index in [9.17, 15) is 19.2 Å². The zero-order valence-electron chi connectivity index (χ0n) is 18.7. The van der Waals surface area contributed by atoms with Crippen molar-refractivity contribution < 1.29 is 38.2 Å². The standard InChI is InChI=1S/C19H23N5O8S2/c1-8(32-19(28)30-3)14(25)13-9(6-29-2)7-33-17-12(16(27)24(13)17)22-15(26)11(23-31-4)10-5-21-18(20)34-10/h5,7-8,12-13,17H,6H2,1-4H3,(H2,20,21)(H,22,26)/b23-11+. The molecule has 3 rings (SSSR count). The topological polar surface area (TPSA) is 172 Å². The van der Waals surface area contributed by atoms with Gasteiger partial charge in [0.2, 0.25) is 5.91 Å². The number of hydrogen-bond acceptors (Lipinski definition) is 13. The van der Waals surface area contributed by atoms with E-state index in [0.717, 1.165) is 18.4 Å². The number of nitrogen functional groups attached to an aromatic ring is 1. The van der Waals surface area contributed by atoms with Gasteiger partial charge in [0.1, 0.15) is 24.6 Å². The van der Waals surface area contributed by atoms with E-state index in [4.69, 9.17) is 20.0 Å². The molecule has 1 aromatic heterocycles. The highest BCUT2D eigenvalue weighted by atomic mass is 32.2. The Bertz CT molecular complexity index is 1040. The fraction of sp³-hybridized carbons (Fsp3) is 0.474. The molecule has 2 aliphatic rings. The van der Waals surface area contributed by atoms with Crippen molar-refractivity contribution in [3.8, 4) is 0 Å². The molecule has 13 nitrogen and oxygen atoms in total. The lowest BCUT2D eigenvalue weighted by Crippen LogP contribution is -2.74. The highest BCUT2D eigenvalue weighted by molar-refractivity contribution is 8.03. The van der Waals surface area contributed by atoms with Crippen molar-refractivity contribution in [2.24, 2.45) is 5.16 Å². The summed E-state index contributed by atoms with van der Waals surface area (Å²) in [6.45, 7) is 1.47. The third-order valence-corrected chi connectivity index (χ3v) is 6.98. The van der Waals surface area contributed by atoms with Gasteiger partial charge in [0.05, 0.1) is 18.6 Å². The van der Waals surface area contributed by atoms with Gasteiger partial charge in [-0.3, -0.25) is 14.4 Å². The van der Waals surface area contributed by atoms with Crippen molar-refractivity contribution in [3.05, 3.63) is 22.1 Å². The molecule has 0 saturated carbocycles. The maximum atomic E-state index is 13.1. The van der Waals surface area contributed by atoms with E-state index >= 15 is 0 Å². The molecular formula is C19H23N5O8S2. The Balaban J connectivity index is 1.79. The summed E-state index contributed by atoms with van der Waals surface area (Å²) in [6, 6.07) is -1.96. The van der Waals surface area contributed by atoms with E-state index < -0.39 is 47.3 Å². The number of nitrogens with two attached hydrogens (primary N) is 1. The Hall–Kier alpha value is -3.17. The summed E-state index contributed by atoms with van der Waals surface area (Å²) in [5.41, 5.74) is 6.06. The molecule has 1 aromatic rings. The molecule has 4 unspecified atom stereocenters. The molecule has 4 atom stereocenters. The number of amides is 2. The summed E-state index contributed by atoms with van der Waals surface area (Å²) < 4.78 is 14.6. The van der Waals surface area contributed by atoms with Gasteiger partial charge < -0.3 is 35.0 Å². The number of nitrogens with zero attached hydrogens (tertiary/aromatic N) is 3. The number of oxime groups is 1. The van der Waals surface area contributed by atoms with E-state index in [1.165, 1.54) is 44.0 Å². The Kier molecular flexibility index (Phi) is 8.11. The van der Waals surface area contributed by atoms with Crippen LogP contribution in [-0.2, 0) is 33.4 Å². The van der Waals surface area contributed by atoms with Crippen LogP contribution in [0.5, 0.6) is 0 Å². The second kappa shape index (κ2) is 10.8. The van der Waals surface area contributed by atoms with Crippen molar-refractivity contribution in [2.75, 3.05) is 33.7 Å². The zero-order valence-corrected chi connectivity index (χ0v) is 20.3. The Morgan fingerprint density at radius 1 is 1.32 bits per heavy atom. The summed E-state index contributed by atoms with van der Waals surface area (Å²) in [4.78, 5) is 60.8. The second-order valence-corrected chi connectivity index (χ2v) is 9.11. The normalized spacial score (nSPS) is 22.6. The van der Waals surface area contributed by atoms with Crippen LogP contribution in [0.4, 0.5) is 9.93 Å². The van der Waals surface area contributed by atoms with Crippen LogP contribution in [0, 0.1) is 0 Å². The lowest BCUT2D eigenvalue weighted by atomic mass is 9.93. The number of methoxy groups -OCH3 is 2. The average molecular weight is 514 g/mol. The molecule has 15 heteroatoms. The van der Waals surface area contributed by atoms with Crippen LogP contribution in [0.25, 0.3) is 0 Å². The predicted molar refractivity (Wildman–Crippen MR) is 122 cm³/mol. The molecule has 3 heterocycles. The van der Waals surface area contributed by atoms with Crippen LogP contribution in [0.2, 0.25) is 0 Å². The number of ketones is 1. The van der Waals surface area contributed by atoms with Crippen molar-refractivity contribution >= 4 is 57.7 Å². The highest BCUT2D eigenvalue weighted by Gasteiger charge is 2.56. The minimum atomic E-state index is -1.18. The van der Waals surface area contributed by atoms with Crippen LogP contribution in [-0.4, -0.2) is 90.8 Å². The van der Waals surface area contributed by atoms with Crippen molar-refractivity contribution in [2.45, 2.75) is 30.5 Å². The molecule has 0 aliphatic carbocycles. The van der Waals surface area contributed by atoms with Gasteiger partial charge in [-0.05, 0) is 17.9 Å². The van der Waals surface area contributed by atoms with E-state index in [0.29, 0.717) is 10.5 Å². The van der Waals surface area contributed by atoms with Gasteiger partial charge in [-0.15, -0.1) is 11.8 Å². The maximum absolute atomic E-state index is 13.1. The van der Waals surface area contributed by atoms with E-state index in [2.05, 4.69) is 20.2 Å². The second-order valence-electron chi connectivity index (χ2n) is 7.05. The van der Waals surface area contributed by atoms with Crippen LogP contribution < -0.4 is 11.1 Å². The SMILES string of the molecule is COCC1=CSC2C(NC(=O)/C(=N/OC)c3cnc(N)s3)C(=O)N2C1C(=O)C(C)OC(=O)OC. The average Bonchev–Trinajstić information content (AvgIpc) is 3.25. The number of thiazole rings is 1. The highest BCUT2D eigenvalue weighted by Crippen LogP contribution is 2.40. The minimum Gasteiger partial charge on any atom is -0.438 e. The first-order valence-electron chi connectivity index (χ1n) is 9.81.